The van der Waals surface area contributed by atoms with E-state index in [2.05, 4.69) is 4.90 Å². The maximum atomic E-state index is 12.4. The largest absolute Gasteiger partial charge is 0.497 e. The number of carbonyl (C=O) groups is 1. The standard InChI is InChI=1S/C14H17NO2/c1-17-11-6-5-10-9-15-7-3-2-4-13(15)14(16)12(10)8-11/h5-6,8,13H,2-4,7,9H2,1H3. The number of nitrogens with zero attached hydrogens (tertiary/aromatic N) is 1. The highest BCUT2D eigenvalue weighted by atomic mass is 16.5. The summed E-state index contributed by atoms with van der Waals surface area (Å²) in [5.41, 5.74) is 2.02. The van der Waals surface area contributed by atoms with Gasteiger partial charge in [-0.05, 0) is 37.1 Å². The summed E-state index contributed by atoms with van der Waals surface area (Å²) in [7, 11) is 1.64. The Bertz CT molecular complexity index is 456. The number of ketones is 1. The highest BCUT2D eigenvalue weighted by molar-refractivity contribution is 6.02. The summed E-state index contributed by atoms with van der Waals surface area (Å²) in [6.07, 6.45) is 3.40. The lowest BCUT2D eigenvalue weighted by atomic mass is 9.87. The summed E-state index contributed by atoms with van der Waals surface area (Å²) < 4.78 is 5.20. The minimum absolute atomic E-state index is 0.114. The molecule has 0 radical (unpaired) electrons. The van der Waals surface area contributed by atoms with Gasteiger partial charge in [0.1, 0.15) is 5.75 Å². The molecule has 17 heavy (non-hydrogen) atoms. The first-order valence-corrected chi connectivity index (χ1v) is 6.25. The number of ether oxygens (including phenoxy) is 1. The Kier molecular flexibility index (Phi) is 2.63. The summed E-state index contributed by atoms with van der Waals surface area (Å²) in [5, 5.41) is 0. The molecule has 3 nitrogen and oxygen atoms in total. The number of hydrogen-bond acceptors (Lipinski definition) is 3. The molecule has 0 bridgehead atoms. The summed E-state index contributed by atoms with van der Waals surface area (Å²) in [5.74, 6) is 1.06. The molecule has 1 aromatic rings. The van der Waals surface area contributed by atoms with E-state index in [1.165, 1.54) is 12.8 Å². The average Bonchev–Trinajstić information content (AvgIpc) is 2.39. The van der Waals surface area contributed by atoms with Gasteiger partial charge in [0.25, 0.3) is 0 Å². The van der Waals surface area contributed by atoms with Crippen LogP contribution in [-0.2, 0) is 6.54 Å². The monoisotopic (exact) mass is 231 g/mol. The van der Waals surface area contributed by atoms with Crippen LogP contribution in [0.4, 0.5) is 0 Å². The van der Waals surface area contributed by atoms with Gasteiger partial charge in [0.05, 0.1) is 13.2 Å². The quantitative estimate of drug-likeness (QED) is 0.742. The molecule has 2 heterocycles. The van der Waals surface area contributed by atoms with Crippen LogP contribution in [0.5, 0.6) is 5.75 Å². The lowest BCUT2D eigenvalue weighted by Gasteiger charge is -2.38. The highest BCUT2D eigenvalue weighted by Gasteiger charge is 2.34. The van der Waals surface area contributed by atoms with Crippen molar-refractivity contribution in [3.63, 3.8) is 0 Å². The van der Waals surface area contributed by atoms with E-state index in [0.717, 1.165) is 36.4 Å². The number of fused-ring (bicyclic) bond motifs is 2. The number of benzene rings is 1. The topological polar surface area (TPSA) is 29.5 Å². The zero-order valence-corrected chi connectivity index (χ0v) is 10.1. The molecule has 1 atom stereocenters. The van der Waals surface area contributed by atoms with Crippen LogP contribution >= 0.6 is 0 Å². The number of rotatable bonds is 1. The molecule has 90 valence electrons. The molecule has 3 heteroatoms. The first-order valence-electron chi connectivity index (χ1n) is 6.25. The van der Waals surface area contributed by atoms with Crippen molar-refractivity contribution in [2.24, 2.45) is 0 Å². The van der Waals surface area contributed by atoms with Crippen molar-refractivity contribution in [3.05, 3.63) is 29.3 Å². The third-order valence-corrected chi connectivity index (χ3v) is 3.87. The predicted molar refractivity (Wildman–Crippen MR) is 65.4 cm³/mol. The molecular formula is C14H17NO2. The molecule has 2 aliphatic heterocycles. The van der Waals surface area contributed by atoms with E-state index in [0.29, 0.717) is 0 Å². The smallest absolute Gasteiger partial charge is 0.180 e. The van der Waals surface area contributed by atoms with Crippen LogP contribution in [0.1, 0.15) is 35.2 Å². The lowest BCUT2D eigenvalue weighted by molar-refractivity contribution is 0.0684. The van der Waals surface area contributed by atoms with Crippen LogP contribution in [0.25, 0.3) is 0 Å². The van der Waals surface area contributed by atoms with Crippen molar-refractivity contribution >= 4 is 5.78 Å². The van der Waals surface area contributed by atoms with E-state index in [9.17, 15) is 4.79 Å². The highest BCUT2D eigenvalue weighted by Crippen LogP contribution is 2.31. The predicted octanol–water partition coefficient (Wildman–Crippen LogP) is 2.25. The van der Waals surface area contributed by atoms with Crippen LogP contribution in [0, 0.1) is 0 Å². The zero-order valence-electron chi connectivity index (χ0n) is 10.1. The van der Waals surface area contributed by atoms with E-state index >= 15 is 0 Å². The van der Waals surface area contributed by atoms with Crippen molar-refractivity contribution in [1.82, 2.24) is 4.90 Å². The molecule has 1 fully saturated rings. The molecule has 0 saturated carbocycles. The molecule has 2 aliphatic rings. The van der Waals surface area contributed by atoms with Crippen molar-refractivity contribution in [2.45, 2.75) is 31.8 Å². The van der Waals surface area contributed by atoms with Gasteiger partial charge < -0.3 is 4.74 Å². The van der Waals surface area contributed by atoms with Crippen molar-refractivity contribution in [3.8, 4) is 5.75 Å². The van der Waals surface area contributed by atoms with Crippen LogP contribution in [0.3, 0.4) is 0 Å². The van der Waals surface area contributed by atoms with Crippen LogP contribution < -0.4 is 4.74 Å². The van der Waals surface area contributed by atoms with E-state index in [1.54, 1.807) is 7.11 Å². The van der Waals surface area contributed by atoms with E-state index in [4.69, 9.17) is 4.74 Å². The van der Waals surface area contributed by atoms with Gasteiger partial charge in [-0.1, -0.05) is 12.5 Å². The van der Waals surface area contributed by atoms with Gasteiger partial charge in [0.15, 0.2) is 5.78 Å². The Hall–Kier alpha value is -1.35. The fourth-order valence-corrected chi connectivity index (χ4v) is 2.93. The molecule has 0 aromatic heterocycles. The Morgan fingerprint density at radius 2 is 2.24 bits per heavy atom. The fraction of sp³-hybridized carbons (Fsp3) is 0.500. The van der Waals surface area contributed by atoms with Crippen molar-refractivity contribution in [2.75, 3.05) is 13.7 Å². The number of carbonyl (C=O) groups excluding carboxylic acids is 1. The molecule has 1 saturated heterocycles. The van der Waals surface area contributed by atoms with Gasteiger partial charge in [0.2, 0.25) is 0 Å². The third-order valence-electron chi connectivity index (χ3n) is 3.87. The van der Waals surface area contributed by atoms with Crippen molar-refractivity contribution in [1.29, 1.82) is 0 Å². The normalized spacial score (nSPS) is 24.1. The van der Waals surface area contributed by atoms with E-state index in [1.807, 2.05) is 18.2 Å². The van der Waals surface area contributed by atoms with E-state index in [-0.39, 0.29) is 11.8 Å². The summed E-state index contributed by atoms with van der Waals surface area (Å²) in [6, 6.07) is 5.97. The van der Waals surface area contributed by atoms with Gasteiger partial charge in [-0.15, -0.1) is 0 Å². The minimum atomic E-state index is 0.114. The van der Waals surface area contributed by atoms with Gasteiger partial charge >= 0.3 is 0 Å². The van der Waals surface area contributed by atoms with E-state index < -0.39 is 0 Å². The van der Waals surface area contributed by atoms with Gasteiger partial charge in [0, 0.05) is 12.1 Å². The second kappa shape index (κ2) is 4.15. The van der Waals surface area contributed by atoms with Gasteiger partial charge in [-0.3, -0.25) is 9.69 Å². The fourth-order valence-electron chi connectivity index (χ4n) is 2.93. The molecule has 0 aliphatic carbocycles. The number of hydrogen-bond donors (Lipinski definition) is 0. The Morgan fingerprint density at radius 1 is 1.35 bits per heavy atom. The molecule has 0 spiro atoms. The second-order valence-electron chi connectivity index (χ2n) is 4.87. The maximum absolute atomic E-state index is 12.4. The zero-order chi connectivity index (χ0) is 11.8. The first-order chi connectivity index (χ1) is 8.29. The molecule has 1 unspecified atom stereocenters. The van der Waals surface area contributed by atoms with Crippen LogP contribution in [0.2, 0.25) is 0 Å². The lowest BCUT2D eigenvalue weighted by Crippen LogP contribution is -2.47. The summed E-state index contributed by atoms with van der Waals surface area (Å²) >= 11 is 0. The SMILES string of the molecule is COc1ccc2c(c1)C(=O)C1CCCCN1C2. The molecule has 1 aromatic carbocycles. The Morgan fingerprint density at radius 3 is 3.06 bits per heavy atom. The number of piperidine rings is 1. The Balaban J connectivity index is 2.00. The molecular weight excluding hydrogens is 214 g/mol. The van der Waals surface area contributed by atoms with Crippen molar-refractivity contribution < 1.29 is 9.53 Å². The number of methoxy groups -OCH3 is 1. The molecule has 3 rings (SSSR count). The molecule has 0 N–H and O–H groups in total. The third kappa shape index (κ3) is 1.75. The average molecular weight is 231 g/mol. The maximum Gasteiger partial charge on any atom is 0.180 e. The van der Waals surface area contributed by atoms with Crippen LogP contribution in [0.15, 0.2) is 18.2 Å². The number of Topliss-reactive ketones (excluding diaryl/α,β-unsaturated/α-hetero) is 1. The first kappa shape index (κ1) is 10.8. The summed E-state index contributed by atoms with van der Waals surface area (Å²) in [4.78, 5) is 14.7. The second-order valence-corrected chi connectivity index (χ2v) is 4.87. The summed E-state index contributed by atoms with van der Waals surface area (Å²) in [6.45, 7) is 1.97. The van der Waals surface area contributed by atoms with Crippen LogP contribution in [-0.4, -0.2) is 30.4 Å². The van der Waals surface area contributed by atoms with Gasteiger partial charge in [-0.2, -0.15) is 0 Å². The molecule has 0 amide bonds. The van der Waals surface area contributed by atoms with Gasteiger partial charge in [-0.25, -0.2) is 0 Å². The Labute approximate surface area is 101 Å². The minimum Gasteiger partial charge on any atom is -0.497 e.